The lowest BCUT2D eigenvalue weighted by atomic mass is 9.95. The van der Waals surface area contributed by atoms with Gasteiger partial charge in [0, 0.05) is 24.5 Å². The smallest absolute Gasteiger partial charge is 0.256 e. The fourth-order valence-corrected chi connectivity index (χ4v) is 6.47. The molecule has 0 radical (unpaired) electrons. The normalized spacial score (nSPS) is 12.7. The molecule has 1 amide bonds. The molecule has 0 aliphatic heterocycles. The third kappa shape index (κ3) is 21.1. The number of hydrogen-bond acceptors (Lipinski definition) is 5. The largest absolute Gasteiger partial charge is 0.356 e. The van der Waals surface area contributed by atoms with Crippen molar-refractivity contribution in [3.8, 4) is 6.07 Å². The summed E-state index contributed by atoms with van der Waals surface area (Å²) >= 11 is 0. The Kier molecular flexibility index (Phi) is 24.8. The quantitative estimate of drug-likeness (QED) is 0.0779. The van der Waals surface area contributed by atoms with Crippen molar-refractivity contribution in [1.82, 2.24) is 9.99 Å². The molecule has 0 bridgehead atoms. The third-order valence-corrected chi connectivity index (χ3v) is 9.04. The van der Waals surface area contributed by atoms with E-state index >= 15 is 0 Å². The van der Waals surface area contributed by atoms with Gasteiger partial charge in [-0.05, 0) is 47.0 Å². The summed E-state index contributed by atoms with van der Waals surface area (Å²) in [5.41, 5.74) is -0.177. The lowest BCUT2D eigenvalue weighted by Gasteiger charge is -2.42. The molecular weight excluding hydrogens is 493 g/mol. The highest BCUT2D eigenvalue weighted by Gasteiger charge is 2.35. The molecular formula is C31H62N3O3P. The fourth-order valence-electron chi connectivity index (χ4n) is 5.13. The van der Waals surface area contributed by atoms with Gasteiger partial charge in [-0.2, -0.15) is 5.26 Å². The molecule has 0 spiro atoms. The van der Waals surface area contributed by atoms with Crippen LogP contribution >= 0.6 is 8.53 Å². The standard InChI is InChI=1S/C31H62N3O3P/c1-6-7-8-9-10-11-12-13-14-15-16-17-20-24-30(35)33-27-22-19-18-21-25-31(4,5)34(29(2)3)38(36)37-28-23-26-32/h29,36H,6-25,27-28H2,1-5H3,(H,33,35). The molecule has 0 aromatic rings. The summed E-state index contributed by atoms with van der Waals surface area (Å²) in [5.74, 6) is 0.203. The highest BCUT2D eigenvalue weighted by Crippen LogP contribution is 2.45. The lowest BCUT2D eigenvalue weighted by Crippen LogP contribution is -2.44. The van der Waals surface area contributed by atoms with Crippen LogP contribution in [0.3, 0.4) is 0 Å². The van der Waals surface area contributed by atoms with Crippen LogP contribution in [0.5, 0.6) is 0 Å². The zero-order valence-electron chi connectivity index (χ0n) is 25.7. The fraction of sp³-hybridized carbons (Fsp3) is 0.935. The zero-order valence-corrected chi connectivity index (χ0v) is 26.6. The average molecular weight is 556 g/mol. The predicted molar refractivity (Wildman–Crippen MR) is 163 cm³/mol. The van der Waals surface area contributed by atoms with Gasteiger partial charge in [-0.15, -0.1) is 0 Å². The van der Waals surface area contributed by atoms with Gasteiger partial charge < -0.3 is 14.7 Å². The van der Waals surface area contributed by atoms with Crippen LogP contribution in [0.25, 0.3) is 0 Å². The number of unbranched alkanes of at least 4 members (excludes halogenated alkanes) is 15. The number of nitrogens with zero attached hydrogens (tertiary/aromatic N) is 2. The van der Waals surface area contributed by atoms with Gasteiger partial charge in [-0.1, -0.05) is 103 Å². The lowest BCUT2D eigenvalue weighted by molar-refractivity contribution is -0.121. The molecule has 1 atom stereocenters. The van der Waals surface area contributed by atoms with Crippen molar-refractivity contribution in [3.63, 3.8) is 0 Å². The first-order chi connectivity index (χ1) is 18.3. The molecule has 0 saturated heterocycles. The van der Waals surface area contributed by atoms with Crippen molar-refractivity contribution in [1.29, 1.82) is 5.26 Å². The number of rotatable bonds is 27. The van der Waals surface area contributed by atoms with Crippen LogP contribution in [0, 0.1) is 11.3 Å². The Bertz CT molecular complexity index is 595. The Morgan fingerprint density at radius 1 is 0.895 bits per heavy atom. The van der Waals surface area contributed by atoms with E-state index in [4.69, 9.17) is 9.79 Å². The van der Waals surface area contributed by atoms with Gasteiger partial charge in [0.25, 0.3) is 8.53 Å². The van der Waals surface area contributed by atoms with E-state index in [1.807, 2.05) is 0 Å². The summed E-state index contributed by atoms with van der Waals surface area (Å²) in [6.07, 6.45) is 23.5. The van der Waals surface area contributed by atoms with E-state index in [0.717, 1.165) is 45.1 Å². The van der Waals surface area contributed by atoms with Crippen LogP contribution in [0.15, 0.2) is 0 Å². The summed E-state index contributed by atoms with van der Waals surface area (Å²) in [6, 6.07) is 2.21. The van der Waals surface area contributed by atoms with Crippen molar-refractivity contribution >= 4 is 14.4 Å². The SMILES string of the molecule is CCCCCCCCCCCCCCCC(=O)NCCCCCCC(C)(C)N(C(C)C)P(O)OCCC#N. The molecule has 0 aromatic heterocycles. The van der Waals surface area contributed by atoms with Crippen molar-refractivity contribution in [2.24, 2.45) is 0 Å². The molecule has 0 aromatic carbocycles. The second kappa shape index (κ2) is 25.3. The van der Waals surface area contributed by atoms with Crippen molar-refractivity contribution in [2.75, 3.05) is 13.2 Å². The van der Waals surface area contributed by atoms with Crippen molar-refractivity contribution in [3.05, 3.63) is 0 Å². The summed E-state index contributed by atoms with van der Waals surface area (Å²) in [7, 11) is -1.70. The van der Waals surface area contributed by atoms with Crippen LogP contribution in [0.2, 0.25) is 0 Å². The van der Waals surface area contributed by atoms with Gasteiger partial charge in [0.1, 0.15) is 0 Å². The van der Waals surface area contributed by atoms with Crippen LogP contribution in [0.4, 0.5) is 0 Å². The Morgan fingerprint density at radius 3 is 1.92 bits per heavy atom. The molecule has 1 unspecified atom stereocenters. The number of nitrogens with one attached hydrogen (secondary N) is 1. The molecule has 0 aliphatic rings. The monoisotopic (exact) mass is 555 g/mol. The molecule has 0 rings (SSSR count). The molecule has 0 heterocycles. The van der Waals surface area contributed by atoms with E-state index in [1.54, 1.807) is 0 Å². The van der Waals surface area contributed by atoms with E-state index in [9.17, 15) is 9.69 Å². The molecule has 2 N–H and O–H groups in total. The topological polar surface area (TPSA) is 85.6 Å². The maximum Gasteiger partial charge on any atom is 0.256 e. The molecule has 0 fully saturated rings. The van der Waals surface area contributed by atoms with E-state index in [0.29, 0.717) is 12.8 Å². The van der Waals surface area contributed by atoms with E-state index in [-0.39, 0.29) is 24.1 Å². The Balaban J connectivity index is 3.71. The first kappa shape index (κ1) is 37.3. The summed E-state index contributed by atoms with van der Waals surface area (Å²) in [5, 5.41) is 11.8. The third-order valence-electron chi connectivity index (χ3n) is 7.26. The maximum atomic E-state index is 12.1. The number of nitriles is 1. The van der Waals surface area contributed by atoms with Gasteiger partial charge in [0.2, 0.25) is 5.91 Å². The summed E-state index contributed by atoms with van der Waals surface area (Å²) in [6.45, 7) is 11.8. The Hall–Kier alpha value is -0.730. The second-order valence-electron chi connectivity index (χ2n) is 11.8. The Morgan fingerprint density at radius 2 is 1.39 bits per heavy atom. The molecule has 7 heteroatoms. The van der Waals surface area contributed by atoms with E-state index in [2.05, 4.69) is 50.7 Å². The molecule has 0 aliphatic carbocycles. The highest BCUT2D eigenvalue weighted by molar-refractivity contribution is 7.43. The summed E-state index contributed by atoms with van der Waals surface area (Å²) < 4.78 is 7.59. The molecule has 38 heavy (non-hydrogen) atoms. The Labute approximate surface area is 237 Å². The van der Waals surface area contributed by atoms with Gasteiger partial charge in [0.15, 0.2) is 0 Å². The zero-order chi connectivity index (χ0) is 28.5. The van der Waals surface area contributed by atoms with Crippen LogP contribution in [-0.4, -0.2) is 40.2 Å². The van der Waals surface area contributed by atoms with E-state index in [1.165, 1.54) is 77.0 Å². The first-order valence-corrected chi connectivity index (χ1v) is 17.0. The minimum atomic E-state index is -1.70. The van der Waals surface area contributed by atoms with E-state index < -0.39 is 8.53 Å². The van der Waals surface area contributed by atoms with Crippen LogP contribution in [0.1, 0.15) is 163 Å². The maximum absolute atomic E-state index is 12.1. The molecule has 0 saturated carbocycles. The van der Waals surface area contributed by atoms with Gasteiger partial charge >= 0.3 is 0 Å². The minimum Gasteiger partial charge on any atom is -0.356 e. The van der Waals surface area contributed by atoms with Crippen molar-refractivity contribution < 1.29 is 14.2 Å². The predicted octanol–water partition coefficient (Wildman–Crippen LogP) is 9.17. The number of carbonyl (C=O) groups excluding carboxylic acids is 1. The van der Waals surface area contributed by atoms with Gasteiger partial charge in [-0.25, -0.2) is 4.67 Å². The number of amides is 1. The number of hydrogen-bond donors (Lipinski definition) is 2. The van der Waals surface area contributed by atoms with Gasteiger partial charge in [-0.3, -0.25) is 4.79 Å². The second-order valence-corrected chi connectivity index (χ2v) is 12.9. The van der Waals surface area contributed by atoms with Crippen LogP contribution < -0.4 is 5.32 Å². The summed E-state index contributed by atoms with van der Waals surface area (Å²) in [4.78, 5) is 22.7. The van der Waals surface area contributed by atoms with Crippen molar-refractivity contribution in [2.45, 2.75) is 175 Å². The first-order valence-electron chi connectivity index (χ1n) is 15.8. The minimum absolute atomic E-state index is 0.160. The average Bonchev–Trinajstić information content (AvgIpc) is 2.86. The highest BCUT2D eigenvalue weighted by atomic mass is 31.2. The number of carbonyl (C=O) groups is 1. The molecule has 224 valence electrons. The van der Waals surface area contributed by atoms with Crippen LogP contribution in [-0.2, 0) is 9.32 Å². The molecule has 6 nitrogen and oxygen atoms in total. The van der Waals surface area contributed by atoms with Gasteiger partial charge in [0.05, 0.1) is 19.1 Å².